The van der Waals surface area contributed by atoms with Crippen LogP contribution in [-0.2, 0) is 24.0 Å². The summed E-state index contributed by atoms with van der Waals surface area (Å²) in [6.07, 6.45) is 5.24. The third-order valence-electron chi connectivity index (χ3n) is 7.37. The van der Waals surface area contributed by atoms with Gasteiger partial charge in [-0.1, -0.05) is 41.0 Å². The highest BCUT2D eigenvalue weighted by Gasteiger charge is 2.53. The van der Waals surface area contributed by atoms with Gasteiger partial charge in [-0.3, -0.25) is 29.5 Å². The summed E-state index contributed by atoms with van der Waals surface area (Å²) < 4.78 is 0. The zero-order chi connectivity index (χ0) is 30.8. The summed E-state index contributed by atoms with van der Waals surface area (Å²) in [5.41, 5.74) is 1.57. The molecule has 12 nitrogen and oxygen atoms in total. The van der Waals surface area contributed by atoms with Crippen LogP contribution in [0.25, 0.3) is 0 Å². The Balaban J connectivity index is 1.88. The van der Waals surface area contributed by atoms with E-state index in [4.69, 9.17) is 4.84 Å². The Labute approximate surface area is 243 Å². The highest BCUT2D eigenvalue weighted by Crippen LogP contribution is 2.37. The fourth-order valence-corrected chi connectivity index (χ4v) is 5.05. The average Bonchev–Trinajstić information content (AvgIpc) is 3.46. The van der Waals surface area contributed by atoms with Gasteiger partial charge >= 0.3 is 6.03 Å². The van der Waals surface area contributed by atoms with Crippen LogP contribution in [0, 0.1) is 5.41 Å². The van der Waals surface area contributed by atoms with Gasteiger partial charge < -0.3 is 26.2 Å². The lowest BCUT2D eigenvalue weighted by Crippen LogP contribution is -2.61. The van der Waals surface area contributed by atoms with Gasteiger partial charge in [-0.15, -0.1) is 0 Å². The highest BCUT2D eigenvalue weighted by molar-refractivity contribution is 6.38. The number of allylic oxidation sites excluding steroid dienone is 1. The topological polar surface area (TPSA) is 158 Å². The normalized spacial score (nSPS) is 23.8. The van der Waals surface area contributed by atoms with Gasteiger partial charge in [0.05, 0.1) is 12.6 Å². The van der Waals surface area contributed by atoms with Crippen LogP contribution in [0.3, 0.4) is 0 Å². The van der Waals surface area contributed by atoms with Crippen molar-refractivity contribution >= 4 is 29.5 Å². The Morgan fingerprint density at radius 3 is 2.24 bits per heavy atom. The van der Waals surface area contributed by atoms with E-state index in [-0.39, 0.29) is 25.4 Å². The number of urea groups is 1. The number of rotatable bonds is 10. The number of hydrogen-bond donors (Lipinski definition) is 5. The van der Waals surface area contributed by atoms with Crippen molar-refractivity contribution in [1.82, 2.24) is 31.6 Å². The summed E-state index contributed by atoms with van der Waals surface area (Å²) in [6, 6.07) is -3.46. The first kappa shape index (κ1) is 32.4. The quantitative estimate of drug-likeness (QED) is 0.248. The Morgan fingerprint density at radius 1 is 1.07 bits per heavy atom. The van der Waals surface area contributed by atoms with Crippen LogP contribution in [0.5, 0.6) is 0 Å². The fourth-order valence-electron chi connectivity index (χ4n) is 5.05. The number of amides is 5. The second kappa shape index (κ2) is 12.4. The van der Waals surface area contributed by atoms with E-state index in [1.807, 2.05) is 61.5 Å². The number of Topliss-reactive ketones (excluding diaryl/α,β-unsaturated/α-hetero) is 1. The SMILES string of the molecule is CCC[C@H](NC(=O)[C@@H]1C[C@]2(C=C(CC)NO2)CN1C(=O)[C@@H](NC(=O)NC(C)(C)C)C(C)(C)C)C(=O)C(=O)NC1CC1. The molecule has 0 unspecified atom stereocenters. The van der Waals surface area contributed by atoms with E-state index in [0.717, 1.165) is 18.5 Å². The molecule has 1 saturated carbocycles. The van der Waals surface area contributed by atoms with E-state index in [2.05, 4.69) is 26.7 Å². The second-order valence-corrected chi connectivity index (χ2v) is 13.6. The molecule has 5 amide bonds. The van der Waals surface area contributed by atoms with Crippen LogP contribution < -0.4 is 26.7 Å². The standard InChI is InChI=1S/C29H48N6O6/c1-9-11-19(21(36)24(38)30-18-12-13-18)31-23(37)20-15-29(14-17(10-2)34-41-29)16-35(20)25(39)22(27(3,4)5)32-26(40)33-28(6,7)8/h14,18-20,22,34H,9-13,15-16H2,1-8H3,(H,30,38)(H,31,37)(H2,32,33,40)/t19-,20-,22+,29+/m0/s1. The van der Waals surface area contributed by atoms with Crippen LogP contribution in [0.15, 0.2) is 11.8 Å². The number of nitrogens with one attached hydrogen (secondary N) is 5. The smallest absolute Gasteiger partial charge is 0.315 e. The molecule has 230 valence electrons. The maximum absolute atomic E-state index is 14.2. The average molecular weight is 577 g/mol. The zero-order valence-electron chi connectivity index (χ0n) is 25.7. The van der Waals surface area contributed by atoms with Crippen LogP contribution >= 0.6 is 0 Å². The van der Waals surface area contributed by atoms with Crippen molar-refractivity contribution in [3.63, 3.8) is 0 Å². The molecule has 4 atom stereocenters. The summed E-state index contributed by atoms with van der Waals surface area (Å²) in [7, 11) is 0. The number of ketones is 1. The Hall–Kier alpha value is -3.15. The zero-order valence-corrected chi connectivity index (χ0v) is 25.7. The van der Waals surface area contributed by atoms with Crippen LogP contribution in [0.1, 0.15) is 93.9 Å². The van der Waals surface area contributed by atoms with Crippen LogP contribution in [0.4, 0.5) is 4.79 Å². The van der Waals surface area contributed by atoms with E-state index in [0.29, 0.717) is 12.8 Å². The van der Waals surface area contributed by atoms with Crippen LogP contribution in [0.2, 0.25) is 0 Å². The van der Waals surface area contributed by atoms with Crippen molar-refractivity contribution in [3.05, 3.63) is 11.8 Å². The van der Waals surface area contributed by atoms with Crippen LogP contribution in [-0.4, -0.2) is 76.3 Å². The predicted molar refractivity (Wildman–Crippen MR) is 153 cm³/mol. The fraction of sp³-hybridized carbons (Fsp3) is 0.759. The Bertz CT molecular complexity index is 1070. The van der Waals surface area contributed by atoms with Gasteiger partial charge in [0.1, 0.15) is 17.7 Å². The maximum atomic E-state index is 14.2. The predicted octanol–water partition coefficient (Wildman–Crippen LogP) is 1.80. The monoisotopic (exact) mass is 576 g/mol. The third kappa shape index (κ3) is 8.43. The summed E-state index contributed by atoms with van der Waals surface area (Å²) >= 11 is 0. The molecule has 1 saturated heterocycles. The molecule has 0 aromatic carbocycles. The molecule has 0 radical (unpaired) electrons. The maximum Gasteiger partial charge on any atom is 0.315 e. The molecular formula is C29H48N6O6. The first-order chi connectivity index (χ1) is 19.0. The number of carbonyl (C=O) groups excluding carboxylic acids is 5. The number of nitrogens with zero attached hydrogens (tertiary/aromatic N) is 1. The van der Waals surface area contributed by atoms with Gasteiger partial charge in [-0.25, -0.2) is 4.79 Å². The van der Waals surface area contributed by atoms with Gasteiger partial charge in [0.25, 0.3) is 5.91 Å². The molecule has 5 N–H and O–H groups in total. The highest BCUT2D eigenvalue weighted by atomic mass is 16.7. The molecule has 3 aliphatic rings. The minimum atomic E-state index is -1.02. The van der Waals surface area contributed by atoms with E-state index in [9.17, 15) is 24.0 Å². The van der Waals surface area contributed by atoms with Gasteiger partial charge in [0.2, 0.25) is 17.6 Å². The number of hydroxylamine groups is 1. The van der Waals surface area contributed by atoms with Crippen molar-refractivity contribution < 1.29 is 28.8 Å². The molecule has 1 aliphatic carbocycles. The number of likely N-dealkylation sites (tertiary alicyclic amines) is 1. The molecule has 41 heavy (non-hydrogen) atoms. The Morgan fingerprint density at radius 2 is 1.73 bits per heavy atom. The van der Waals surface area contributed by atoms with E-state index in [1.165, 1.54) is 4.90 Å². The third-order valence-corrected chi connectivity index (χ3v) is 7.37. The van der Waals surface area contributed by atoms with Crippen molar-refractivity contribution in [2.75, 3.05) is 6.54 Å². The van der Waals surface area contributed by atoms with E-state index in [1.54, 1.807) is 0 Å². The lowest BCUT2D eigenvalue weighted by molar-refractivity contribution is -0.144. The molecule has 0 aromatic heterocycles. The largest absolute Gasteiger partial charge is 0.347 e. The number of hydrogen-bond acceptors (Lipinski definition) is 7. The molecule has 2 fully saturated rings. The van der Waals surface area contributed by atoms with Crippen molar-refractivity contribution in [2.45, 2.75) is 129 Å². The minimum Gasteiger partial charge on any atom is -0.347 e. The van der Waals surface area contributed by atoms with Gasteiger partial charge in [0.15, 0.2) is 0 Å². The van der Waals surface area contributed by atoms with Crippen molar-refractivity contribution in [3.8, 4) is 0 Å². The van der Waals surface area contributed by atoms with E-state index < -0.39 is 64.2 Å². The molecule has 2 aliphatic heterocycles. The van der Waals surface area contributed by atoms with Crippen molar-refractivity contribution in [1.29, 1.82) is 0 Å². The first-order valence-electron chi connectivity index (χ1n) is 14.7. The molecular weight excluding hydrogens is 528 g/mol. The molecule has 12 heteroatoms. The molecule has 0 aromatic rings. The van der Waals surface area contributed by atoms with E-state index >= 15 is 0 Å². The molecule has 2 heterocycles. The molecule has 3 rings (SSSR count). The van der Waals surface area contributed by atoms with Crippen molar-refractivity contribution in [2.24, 2.45) is 5.41 Å². The molecule has 0 bridgehead atoms. The lowest BCUT2D eigenvalue weighted by atomic mass is 9.85. The second-order valence-electron chi connectivity index (χ2n) is 13.6. The number of carbonyl (C=O) groups is 5. The summed E-state index contributed by atoms with van der Waals surface area (Å²) in [6.45, 7) is 14.9. The Kier molecular flexibility index (Phi) is 9.77. The summed E-state index contributed by atoms with van der Waals surface area (Å²) in [5, 5.41) is 11.1. The minimum absolute atomic E-state index is 0.0103. The van der Waals surface area contributed by atoms with Gasteiger partial charge in [-0.05, 0) is 57.9 Å². The first-order valence-corrected chi connectivity index (χ1v) is 14.7. The van der Waals surface area contributed by atoms with Gasteiger partial charge in [-0.2, -0.15) is 0 Å². The molecule has 1 spiro atoms. The van der Waals surface area contributed by atoms with Gasteiger partial charge in [0, 0.05) is 23.7 Å². The summed E-state index contributed by atoms with van der Waals surface area (Å²) in [5.74, 6) is -2.39. The summed E-state index contributed by atoms with van der Waals surface area (Å²) in [4.78, 5) is 73.6. The lowest BCUT2D eigenvalue weighted by Gasteiger charge is -2.36.